The topological polar surface area (TPSA) is 99.1 Å². The molecule has 3 aromatic rings. The van der Waals surface area contributed by atoms with Crippen LogP contribution in [0.25, 0.3) is 11.2 Å². The van der Waals surface area contributed by atoms with Crippen molar-refractivity contribution in [2.24, 2.45) is 14.1 Å². The molecular weight excluding hydrogens is 356 g/mol. The number of imidazole rings is 1. The van der Waals surface area contributed by atoms with Gasteiger partial charge in [0, 0.05) is 14.1 Å². The summed E-state index contributed by atoms with van der Waals surface area (Å²) in [4.78, 5) is 40.2. The lowest BCUT2D eigenvalue weighted by Gasteiger charge is -2.09. The molecule has 2 heterocycles. The first-order valence-corrected chi connectivity index (χ1v) is 8.84. The highest BCUT2D eigenvalue weighted by Gasteiger charge is 2.20. The Kier molecular flexibility index (Phi) is 4.73. The number of hydrogen-bond acceptors (Lipinski definition) is 5. The van der Waals surface area contributed by atoms with Crippen LogP contribution in [0.4, 0.5) is 0 Å². The van der Waals surface area contributed by atoms with Crippen LogP contribution < -0.4 is 11.2 Å². The quantitative estimate of drug-likeness (QED) is 0.668. The van der Waals surface area contributed by atoms with Gasteiger partial charge in [-0.2, -0.15) is 0 Å². The Morgan fingerprint density at radius 1 is 1.15 bits per heavy atom. The van der Waals surface area contributed by atoms with Gasteiger partial charge in [0.2, 0.25) is 0 Å². The zero-order valence-corrected chi connectivity index (χ0v) is 15.4. The summed E-state index contributed by atoms with van der Waals surface area (Å²) in [6, 6.07) is 7.82. The van der Waals surface area contributed by atoms with Gasteiger partial charge in [-0.25, -0.2) is 9.78 Å². The number of benzene rings is 1. The van der Waals surface area contributed by atoms with Crippen LogP contribution in [0.5, 0.6) is 0 Å². The van der Waals surface area contributed by atoms with E-state index in [0.29, 0.717) is 11.7 Å². The highest BCUT2D eigenvalue weighted by Crippen LogP contribution is 2.23. The van der Waals surface area contributed by atoms with E-state index in [1.54, 1.807) is 11.6 Å². The molecule has 136 valence electrons. The van der Waals surface area contributed by atoms with Crippen LogP contribution in [0.15, 0.2) is 39.0 Å². The van der Waals surface area contributed by atoms with Gasteiger partial charge in [0.1, 0.15) is 0 Å². The maximum atomic E-state index is 12.7. The molecule has 0 fully saturated rings. The van der Waals surface area contributed by atoms with Crippen LogP contribution in [0.3, 0.4) is 0 Å². The first-order valence-electron chi connectivity index (χ1n) is 7.86. The highest BCUT2D eigenvalue weighted by molar-refractivity contribution is 7.99. The van der Waals surface area contributed by atoms with Gasteiger partial charge in [0.25, 0.3) is 5.56 Å². The van der Waals surface area contributed by atoms with Gasteiger partial charge < -0.3 is 9.67 Å². The van der Waals surface area contributed by atoms with Gasteiger partial charge in [-0.15, -0.1) is 0 Å². The van der Waals surface area contributed by atoms with Gasteiger partial charge in [-0.1, -0.05) is 41.6 Å². The molecule has 26 heavy (non-hydrogen) atoms. The number of carboxylic acid groups (broad SMARTS) is 1. The molecule has 0 aliphatic rings. The first kappa shape index (κ1) is 18.0. The van der Waals surface area contributed by atoms with Crippen molar-refractivity contribution in [3.8, 4) is 0 Å². The Labute approximate surface area is 152 Å². The Bertz CT molecular complexity index is 1110. The van der Waals surface area contributed by atoms with Crippen LogP contribution in [-0.4, -0.2) is 35.5 Å². The number of thioether (sulfide) groups is 1. The molecule has 0 unspecified atom stereocenters. The second kappa shape index (κ2) is 6.83. The molecule has 0 saturated heterocycles. The number of carbonyl (C=O) groups is 1. The van der Waals surface area contributed by atoms with E-state index in [-0.39, 0.29) is 16.9 Å². The summed E-state index contributed by atoms with van der Waals surface area (Å²) < 4.78 is 4.00. The molecular formula is C17H18N4O4S. The van der Waals surface area contributed by atoms with E-state index >= 15 is 0 Å². The fraction of sp³-hybridized carbons (Fsp3) is 0.294. The first-order chi connectivity index (χ1) is 12.3. The van der Waals surface area contributed by atoms with E-state index < -0.39 is 17.2 Å². The van der Waals surface area contributed by atoms with Gasteiger partial charge >= 0.3 is 11.7 Å². The largest absolute Gasteiger partial charge is 0.481 e. The molecule has 2 aromatic heterocycles. The molecule has 0 amide bonds. The fourth-order valence-electron chi connectivity index (χ4n) is 2.69. The number of aliphatic carboxylic acids is 1. The third-order valence-corrected chi connectivity index (χ3v) is 5.06. The molecule has 1 aromatic carbocycles. The minimum Gasteiger partial charge on any atom is -0.481 e. The van der Waals surface area contributed by atoms with Gasteiger partial charge in [0.05, 0.1) is 12.3 Å². The monoisotopic (exact) mass is 374 g/mol. The third-order valence-electron chi connectivity index (χ3n) is 4.10. The van der Waals surface area contributed by atoms with Crippen molar-refractivity contribution in [3.63, 3.8) is 0 Å². The van der Waals surface area contributed by atoms with E-state index in [1.165, 1.54) is 11.6 Å². The average Bonchev–Trinajstić information content (AvgIpc) is 2.96. The number of aromatic nitrogens is 4. The standard InChI is InChI=1S/C17H18N4O4S/c1-10-4-6-11(7-5-10)8-21-13-14(18-16(21)26-9-12(22)23)19(2)17(25)20(3)15(13)24/h4-7H,8-9H2,1-3H3,(H,22,23). The smallest absolute Gasteiger partial charge is 0.332 e. The van der Waals surface area contributed by atoms with Gasteiger partial charge in [0.15, 0.2) is 16.3 Å². The summed E-state index contributed by atoms with van der Waals surface area (Å²) in [5.41, 5.74) is 1.66. The van der Waals surface area contributed by atoms with Crippen LogP contribution >= 0.6 is 11.8 Å². The van der Waals surface area contributed by atoms with Crippen LogP contribution in [0, 0.1) is 6.92 Å². The molecule has 0 saturated carbocycles. The summed E-state index contributed by atoms with van der Waals surface area (Å²) in [7, 11) is 2.95. The maximum Gasteiger partial charge on any atom is 0.332 e. The van der Waals surface area contributed by atoms with E-state index in [1.807, 2.05) is 31.2 Å². The van der Waals surface area contributed by atoms with E-state index in [9.17, 15) is 14.4 Å². The molecule has 0 spiro atoms. The molecule has 0 aliphatic carbocycles. The minimum absolute atomic E-state index is 0.189. The molecule has 0 radical (unpaired) electrons. The van der Waals surface area contributed by atoms with Crippen LogP contribution in [-0.2, 0) is 25.4 Å². The van der Waals surface area contributed by atoms with E-state index in [2.05, 4.69) is 4.98 Å². The number of fused-ring (bicyclic) bond motifs is 1. The molecule has 0 atom stereocenters. The predicted molar refractivity (Wildman–Crippen MR) is 98.9 cm³/mol. The summed E-state index contributed by atoms with van der Waals surface area (Å²) in [6.07, 6.45) is 0. The van der Waals surface area contributed by atoms with E-state index in [0.717, 1.165) is 27.5 Å². The number of hydrogen-bond donors (Lipinski definition) is 1. The van der Waals surface area contributed by atoms with Crippen molar-refractivity contribution in [3.05, 3.63) is 56.2 Å². The zero-order chi connectivity index (χ0) is 19.0. The van der Waals surface area contributed by atoms with Gasteiger partial charge in [-0.3, -0.25) is 18.7 Å². The van der Waals surface area contributed by atoms with Gasteiger partial charge in [-0.05, 0) is 12.5 Å². The van der Waals surface area contributed by atoms with Crippen LogP contribution in [0.1, 0.15) is 11.1 Å². The summed E-state index contributed by atoms with van der Waals surface area (Å²) in [6.45, 7) is 2.34. The predicted octanol–water partition coefficient (Wildman–Crippen LogP) is 0.967. The molecule has 8 nitrogen and oxygen atoms in total. The van der Waals surface area contributed by atoms with Crippen molar-refractivity contribution in [1.82, 2.24) is 18.7 Å². The summed E-state index contributed by atoms with van der Waals surface area (Å²) >= 11 is 1.02. The van der Waals surface area contributed by atoms with Crippen molar-refractivity contribution >= 4 is 28.9 Å². The number of rotatable bonds is 5. The molecule has 1 N–H and O–H groups in total. The maximum absolute atomic E-state index is 12.7. The lowest BCUT2D eigenvalue weighted by Crippen LogP contribution is -2.37. The number of carboxylic acids is 1. The number of nitrogens with zero attached hydrogens (tertiary/aromatic N) is 4. The lowest BCUT2D eigenvalue weighted by molar-refractivity contribution is -0.133. The second-order valence-electron chi connectivity index (χ2n) is 6.03. The van der Waals surface area contributed by atoms with Crippen molar-refractivity contribution in [2.75, 3.05) is 5.75 Å². The molecule has 9 heteroatoms. The Hall–Kier alpha value is -2.81. The summed E-state index contributed by atoms with van der Waals surface area (Å²) in [5.74, 6) is -1.17. The van der Waals surface area contributed by atoms with Crippen molar-refractivity contribution in [2.45, 2.75) is 18.6 Å². The fourth-order valence-corrected chi connectivity index (χ4v) is 3.40. The number of aryl methyl sites for hydroxylation is 2. The minimum atomic E-state index is -0.981. The SMILES string of the molecule is Cc1ccc(Cn2c(SCC(=O)O)nc3c2c(=O)n(C)c(=O)n3C)cc1. The highest BCUT2D eigenvalue weighted by atomic mass is 32.2. The second-order valence-corrected chi connectivity index (χ2v) is 6.97. The third kappa shape index (κ3) is 3.17. The van der Waals surface area contributed by atoms with E-state index in [4.69, 9.17) is 5.11 Å². The Morgan fingerprint density at radius 2 is 1.81 bits per heavy atom. The van der Waals surface area contributed by atoms with Crippen molar-refractivity contribution < 1.29 is 9.90 Å². The molecule has 3 rings (SSSR count). The lowest BCUT2D eigenvalue weighted by atomic mass is 10.1. The molecule has 0 aliphatic heterocycles. The van der Waals surface area contributed by atoms with Crippen LogP contribution in [0.2, 0.25) is 0 Å². The Balaban J connectivity index is 2.23. The summed E-state index contributed by atoms with van der Waals surface area (Å²) in [5, 5.41) is 9.37. The van der Waals surface area contributed by atoms with Crippen molar-refractivity contribution in [1.29, 1.82) is 0 Å². The normalized spacial score (nSPS) is 11.2. The zero-order valence-electron chi connectivity index (χ0n) is 14.6. The Morgan fingerprint density at radius 3 is 2.42 bits per heavy atom. The average molecular weight is 374 g/mol. The molecule has 0 bridgehead atoms.